The van der Waals surface area contributed by atoms with Crippen molar-refractivity contribution in [2.24, 2.45) is 5.73 Å². The molecule has 3 N–H and O–H groups in total. The molecule has 1 aromatic heterocycles. The summed E-state index contributed by atoms with van der Waals surface area (Å²) >= 11 is 3.16. The third-order valence-corrected chi connectivity index (χ3v) is 7.48. The van der Waals surface area contributed by atoms with E-state index in [2.05, 4.69) is 11.6 Å². The molecule has 0 amide bonds. The number of hydrogen-bond donors (Lipinski definition) is 2. The maximum atomic E-state index is 12.2. The van der Waals surface area contributed by atoms with Crippen LogP contribution < -0.4 is 10.5 Å². The molecule has 1 fully saturated rings. The molecule has 2 unspecified atom stereocenters. The van der Waals surface area contributed by atoms with Crippen molar-refractivity contribution in [1.82, 2.24) is 4.72 Å². The summed E-state index contributed by atoms with van der Waals surface area (Å²) in [6.45, 7) is 2.52. The lowest BCUT2D eigenvalue weighted by Gasteiger charge is -2.12. The van der Waals surface area contributed by atoms with E-state index in [1.165, 1.54) is 11.3 Å². The molecule has 1 aliphatic carbocycles. The van der Waals surface area contributed by atoms with Gasteiger partial charge in [-0.2, -0.15) is 11.8 Å². The Labute approximate surface area is 123 Å². The van der Waals surface area contributed by atoms with Gasteiger partial charge in [0, 0.05) is 17.8 Å². The Morgan fingerprint density at radius 3 is 2.95 bits per heavy atom. The van der Waals surface area contributed by atoms with Crippen molar-refractivity contribution in [3.05, 3.63) is 17.0 Å². The van der Waals surface area contributed by atoms with E-state index < -0.39 is 10.0 Å². The molecule has 19 heavy (non-hydrogen) atoms. The van der Waals surface area contributed by atoms with Gasteiger partial charge in [0.25, 0.3) is 0 Å². The lowest BCUT2D eigenvalue weighted by atomic mass is 10.3. The van der Waals surface area contributed by atoms with E-state index in [1.807, 2.05) is 11.8 Å². The summed E-state index contributed by atoms with van der Waals surface area (Å²) in [5.41, 5.74) is 6.38. The van der Waals surface area contributed by atoms with Gasteiger partial charge in [0.1, 0.15) is 4.21 Å². The zero-order valence-corrected chi connectivity index (χ0v) is 13.4. The van der Waals surface area contributed by atoms with Crippen molar-refractivity contribution in [2.75, 3.05) is 5.75 Å². The number of hydrogen-bond acceptors (Lipinski definition) is 5. The molecule has 7 heteroatoms. The first-order chi connectivity index (χ1) is 9.05. The molecule has 1 aliphatic rings. The lowest BCUT2D eigenvalue weighted by molar-refractivity contribution is 0.554. The van der Waals surface area contributed by atoms with Gasteiger partial charge in [-0.3, -0.25) is 0 Å². The van der Waals surface area contributed by atoms with Gasteiger partial charge in [0.05, 0.1) is 0 Å². The lowest BCUT2D eigenvalue weighted by Crippen LogP contribution is -2.32. The van der Waals surface area contributed by atoms with Gasteiger partial charge < -0.3 is 5.73 Å². The molecule has 1 heterocycles. The van der Waals surface area contributed by atoms with Crippen LogP contribution in [0.3, 0.4) is 0 Å². The van der Waals surface area contributed by atoms with Gasteiger partial charge in [0.2, 0.25) is 10.0 Å². The predicted molar refractivity (Wildman–Crippen MR) is 82.1 cm³/mol. The molecule has 2 rings (SSSR count). The van der Waals surface area contributed by atoms with E-state index in [0.717, 1.165) is 30.6 Å². The van der Waals surface area contributed by atoms with Gasteiger partial charge in [-0.15, -0.1) is 11.3 Å². The minimum absolute atomic E-state index is 0.0810. The van der Waals surface area contributed by atoms with Crippen LogP contribution in [0, 0.1) is 0 Å². The Morgan fingerprint density at radius 2 is 2.32 bits per heavy atom. The number of thioether (sulfide) groups is 1. The topological polar surface area (TPSA) is 72.2 Å². The summed E-state index contributed by atoms with van der Waals surface area (Å²) in [6, 6.07) is 1.75. The third-order valence-electron chi connectivity index (χ3n) is 3.24. The molecule has 0 saturated heterocycles. The number of sulfonamides is 1. The summed E-state index contributed by atoms with van der Waals surface area (Å²) in [7, 11) is -3.37. The smallest absolute Gasteiger partial charge is 0.250 e. The fourth-order valence-corrected chi connectivity index (χ4v) is 5.98. The second-order valence-corrected chi connectivity index (χ2v) is 9.12. The molecule has 0 aromatic carbocycles. The second-order valence-electron chi connectivity index (χ2n) is 4.69. The first-order valence-electron chi connectivity index (χ1n) is 6.46. The first kappa shape index (κ1) is 15.3. The van der Waals surface area contributed by atoms with Crippen LogP contribution in [-0.2, 0) is 16.6 Å². The van der Waals surface area contributed by atoms with Crippen LogP contribution in [0.4, 0.5) is 0 Å². The van der Waals surface area contributed by atoms with E-state index in [0.29, 0.717) is 16.0 Å². The van der Waals surface area contributed by atoms with Crippen LogP contribution in [0.1, 0.15) is 31.7 Å². The Kier molecular flexibility index (Phi) is 5.30. The van der Waals surface area contributed by atoms with Crippen molar-refractivity contribution < 1.29 is 8.42 Å². The van der Waals surface area contributed by atoms with Crippen LogP contribution in [0.25, 0.3) is 0 Å². The second kappa shape index (κ2) is 6.58. The normalized spacial score (nSPS) is 23.9. The highest BCUT2D eigenvalue weighted by molar-refractivity contribution is 7.99. The molecule has 0 radical (unpaired) electrons. The number of nitrogens with one attached hydrogen (secondary N) is 1. The van der Waals surface area contributed by atoms with Crippen LogP contribution in [0.2, 0.25) is 0 Å². The summed E-state index contributed by atoms with van der Waals surface area (Å²) in [5.74, 6) is 1.09. The number of rotatable bonds is 6. The van der Waals surface area contributed by atoms with Crippen LogP contribution >= 0.6 is 23.1 Å². The molecular formula is C12H20N2O2S3. The summed E-state index contributed by atoms with van der Waals surface area (Å²) in [5, 5.41) is 2.40. The molecule has 1 aromatic rings. The Balaban J connectivity index is 1.98. The fourth-order valence-electron chi connectivity index (χ4n) is 2.31. The summed E-state index contributed by atoms with van der Waals surface area (Å²) in [4.78, 5) is 0. The average molecular weight is 321 g/mol. The van der Waals surface area contributed by atoms with Crippen molar-refractivity contribution in [1.29, 1.82) is 0 Å². The summed E-state index contributed by atoms with van der Waals surface area (Å²) < 4.78 is 27.7. The Morgan fingerprint density at radius 1 is 1.53 bits per heavy atom. The molecule has 0 bridgehead atoms. The number of nitrogens with two attached hydrogens (primary N) is 1. The zero-order valence-electron chi connectivity index (χ0n) is 11.0. The third kappa shape index (κ3) is 3.95. The molecule has 0 aliphatic heterocycles. The van der Waals surface area contributed by atoms with Crippen molar-refractivity contribution in [3.63, 3.8) is 0 Å². The highest BCUT2D eigenvalue weighted by Gasteiger charge is 2.29. The Bertz CT molecular complexity index is 513. The van der Waals surface area contributed by atoms with Gasteiger partial charge in [-0.25, -0.2) is 13.1 Å². The van der Waals surface area contributed by atoms with Crippen LogP contribution in [0.15, 0.2) is 15.7 Å². The van der Waals surface area contributed by atoms with E-state index >= 15 is 0 Å². The van der Waals surface area contributed by atoms with Gasteiger partial charge in [0.15, 0.2) is 0 Å². The maximum absolute atomic E-state index is 12.2. The summed E-state index contributed by atoms with van der Waals surface area (Å²) in [6.07, 6.45) is 2.98. The predicted octanol–water partition coefficient (Wildman–Crippen LogP) is 2.16. The van der Waals surface area contributed by atoms with Crippen molar-refractivity contribution in [2.45, 2.75) is 48.2 Å². The van der Waals surface area contributed by atoms with Crippen molar-refractivity contribution >= 4 is 33.1 Å². The standard InChI is InChI=1S/C12H20N2O2S3/c1-2-17-11-4-3-10(6-11)14-19(15,16)12-5-9(7-13)8-18-12/h5,8,10-11,14H,2-4,6-7,13H2,1H3. The zero-order chi connectivity index (χ0) is 13.9. The largest absolute Gasteiger partial charge is 0.326 e. The van der Waals surface area contributed by atoms with E-state index in [-0.39, 0.29) is 6.04 Å². The van der Waals surface area contributed by atoms with E-state index in [1.54, 1.807) is 11.4 Å². The highest BCUT2D eigenvalue weighted by Crippen LogP contribution is 2.31. The monoisotopic (exact) mass is 320 g/mol. The highest BCUT2D eigenvalue weighted by atomic mass is 32.2. The van der Waals surface area contributed by atoms with E-state index in [9.17, 15) is 8.42 Å². The number of thiophene rings is 1. The first-order valence-corrected chi connectivity index (χ1v) is 9.87. The average Bonchev–Trinajstić information content (AvgIpc) is 2.98. The van der Waals surface area contributed by atoms with Crippen LogP contribution in [0.5, 0.6) is 0 Å². The van der Waals surface area contributed by atoms with Crippen molar-refractivity contribution in [3.8, 4) is 0 Å². The van der Waals surface area contributed by atoms with Gasteiger partial charge in [-0.05, 0) is 42.0 Å². The minimum Gasteiger partial charge on any atom is -0.326 e. The fraction of sp³-hybridized carbons (Fsp3) is 0.667. The molecule has 4 nitrogen and oxygen atoms in total. The van der Waals surface area contributed by atoms with Crippen LogP contribution in [-0.4, -0.2) is 25.5 Å². The molecule has 2 atom stereocenters. The SMILES string of the molecule is CCSC1CCC(NS(=O)(=O)c2cc(CN)cs2)C1. The quantitative estimate of drug-likeness (QED) is 0.842. The Hall–Kier alpha value is -0.0800. The molecular weight excluding hydrogens is 300 g/mol. The molecule has 1 saturated carbocycles. The molecule has 0 spiro atoms. The molecule has 108 valence electrons. The minimum atomic E-state index is -3.37. The van der Waals surface area contributed by atoms with E-state index in [4.69, 9.17) is 5.73 Å². The van der Waals surface area contributed by atoms with Gasteiger partial charge in [-0.1, -0.05) is 6.92 Å². The maximum Gasteiger partial charge on any atom is 0.250 e. The van der Waals surface area contributed by atoms with Gasteiger partial charge >= 0.3 is 0 Å².